The van der Waals surface area contributed by atoms with E-state index in [9.17, 15) is 5.11 Å². The predicted molar refractivity (Wildman–Crippen MR) is 108 cm³/mol. The second-order valence-corrected chi connectivity index (χ2v) is 6.88. The highest BCUT2D eigenvalue weighted by atomic mass is 16.5. The van der Waals surface area contributed by atoms with E-state index < -0.39 is 6.10 Å². The van der Waals surface area contributed by atoms with E-state index in [-0.39, 0.29) is 6.61 Å². The van der Waals surface area contributed by atoms with Crippen LogP contribution in [0, 0.1) is 6.92 Å². The van der Waals surface area contributed by atoms with E-state index in [2.05, 4.69) is 4.90 Å². The molecule has 0 aliphatic heterocycles. The fraction of sp³-hybridized carbons (Fsp3) is 0.304. The molecule has 3 rings (SSSR count). The Morgan fingerprint density at radius 2 is 1.82 bits per heavy atom. The van der Waals surface area contributed by atoms with Gasteiger partial charge in [-0.2, -0.15) is 0 Å². The smallest absolute Gasteiger partial charge is 0.119 e. The van der Waals surface area contributed by atoms with E-state index in [1.54, 1.807) is 13.4 Å². The number of rotatable bonds is 10. The summed E-state index contributed by atoms with van der Waals surface area (Å²) >= 11 is 0. The molecule has 0 bridgehead atoms. The molecule has 1 aromatic heterocycles. The van der Waals surface area contributed by atoms with Crippen LogP contribution in [0.3, 0.4) is 0 Å². The third-order valence-corrected chi connectivity index (χ3v) is 4.40. The first kappa shape index (κ1) is 20.0. The molecule has 0 amide bonds. The van der Waals surface area contributed by atoms with Gasteiger partial charge in [-0.05, 0) is 54.4 Å². The Bertz CT molecular complexity index is 847. The van der Waals surface area contributed by atoms with E-state index in [4.69, 9.17) is 13.9 Å². The molecule has 28 heavy (non-hydrogen) atoms. The maximum absolute atomic E-state index is 10.5. The lowest BCUT2D eigenvalue weighted by atomic mass is 10.2. The number of nitrogens with zero attached hydrogens (tertiary/aromatic N) is 1. The van der Waals surface area contributed by atoms with Gasteiger partial charge in [-0.3, -0.25) is 4.90 Å². The van der Waals surface area contributed by atoms with Gasteiger partial charge in [0.25, 0.3) is 0 Å². The minimum absolute atomic E-state index is 0.232. The molecule has 1 atom stereocenters. The summed E-state index contributed by atoms with van der Waals surface area (Å²) in [5.74, 6) is 2.44. The monoisotopic (exact) mass is 381 g/mol. The molecule has 1 unspecified atom stereocenters. The Balaban J connectivity index is 1.62. The lowest BCUT2D eigenvalue weighted by Crippen LogP contribution is -2.35. The van der Waals surface area contributed by atoms with Crippen LogP contribution in [0.1, 0.15) is 16.9 Å². The van der Waals surface area contributed by atoms with Crippen LogP contribution >= 0.6 is 0 Å². The van der Waals surface area contributed by atoms with E-state index in [0.717, 1.165) is 28.4 Å². The van der Waals surface area contributed by atoms with E-state index >= 15 is 0 Å². The van der Waals surface area contributed by atoms with E-state index in [1.165, 1.54) is 0 Å². The fourth-order valence-corrected chi connectivity index (χ4v) is 3.09. The summed E-state index contributed by atoms with van der Waals surface area (Å²) in [7, 11) is 1.66. The van der Waals surface area contributed by atoms with Crippen LogP contribution in [0.2, 0.25) is 0 Å². The molecule has 0 radical (unpaired) electrons. The molecule has 0 aliphatic carbocycles. The predicted octanol–water partition coefficient (Wildman–Crippen LogP) is 4.04. The zero-order valence-electron chi connectivity index (χ0n) is 16.4. The number of aryl methyl sites for hydroxylation is 1. The molecule has 0 fully saturated rings. The highest BCUT2D eigenvalue weighted by Crippen LogP contribution is 2.17. The van der Waals surface area contributed by atoms with Crippen molar-refractivity contribution in [2.75, 3.05) is 20.3 Å². The van der Waals surface area contributed by atoms with Crippen molar-refractivity contribution in [3.63, 3.8) is 0 Å². The van der Waals surface area contributed by atoms with Gasteiger partial charge in [0.2, 0.25) is 0 Å². The van der Waals surface area contributed by atoms with Crippen LogP contribution in [0.4, 0.5) is 0 Å². The van der Waals surface area contributed by atoms with Crippen molar-refractivity contribution in [2.45, 2.75) is 26.1 Å². The fourth-order valence-electron chi connectivity index (χ4n) is 3.09. The van der Waals surface area contributed by atoms with Crippen molar-refractivity contribution in [1.29, 1.82) is 0 Å². The zero-order valence-corrected chi connectivity index (χ0v) is 16.4. The van der Waals surface area contributed by atoms with Crippen molar-refractivity contribution in [2.24, 2.45) is 0 Å². The van der Waals surface area contributed by atoms with Crippen LogP contribution in [0.25, 0.3) is 0 Å². The molecular formula is C23H27NO4. The molecule has 0 aliphatic rings. The Kier molecular flexibility index (Phi) is 7.12. The number of ether oxygens (including phenoxy) is 2. The molecule has 0 spiro atoms. The quantitative estimate of drug-likeness (QED) is 0.574. The van der Waals surface area contributed by atoms with Gasteiger partial charge in [0.15, 0.2) is 0 Å². The van der Waals surface area contributed by atoms with E-state index in [1.807, 2.05) is 67.6 Å². The first-order valence-corrected chi connectivity index (χ1v) is 9.37. The lowest BCUT2D eigenvalue weighted by molar-refractivity contribution is 0.0604. The van der Waals surface area contributed by atoms with Crippen molar-refractivity contribution >= 4 is 0 Å². The molecule has 1 heterocycles. The highest BCUT2D eigenvalue weighted by molar-refractivity contribution is 5.28. The second kappa shape index (κ2) is 9.97. The van der Waals surface area contributed by atoms with Crippen molar-refractivity contribution in [1.82, 2.24) is 4.90 Å². The number of aliphatic hydroxyl groups excluding tert-OH is 1. The SMILES string of the molecule is COc1cccc(CN(Cc2ccco2)CC(O)COc2cccc(C)c2)c1. The molecule has 5 heteroatoms. The van der Waals surface area contributed by atoms with Crippen molar-refractivity contribution in [3.05, 3.63) is 83.8 Å². The number of aliphatic hydroxyl groups is 1. The number of furan rings is 1. The molecule has 2 aromatic carbocycles. The summed E-state index contributed by atoms with van der Waals surface area (Å²) in [5, 5.41) is 10.5. The molecule has 0 saturated carbocycles. The summed E-state index contributed by atoms with van der Waals surface area (Å²) in [6.07, 6.45) is 1.04. The van der Waals surface area contributed by atoms with E-state index in [0.29, 0.717) is 19.6 Å². The minimum atomic E-state index is -0.624. The van der Waals surface area contributed by atoms with Crippen LogP contribution in [0.5, 0.6) is 11.5 Å². The van der Waals surface area contributed by atoms with Gasteiger partial charge in [0.1, 0.15) is 30.0 Å². The first-order valence-electron chi connectivity index (χ1n) is 9.37. The maximum Gasteiger partial charge on any atom is 0.119 e. The lowest BCUT2D eigenvalue weighted by Gasteiger charge is -2.24. The average Bonchev–Trinajstić information content (AvgIpc) is 3.19. The van der Waals surface area contributed by atoms with Crippen molar-refractivity contribution < 1.29 is 19.0 Å². The number of hydrogen-bond acceptors (Lipinski definition) is 5. The zero-order chi connectivity index (χ0) is 19.8. The minimum Gasteiger partial charge on any atom is -0.497 e. The average molecular weight is 381 g/mol. The Morgan fingerprint density at radius 1 is 1.00 bits per heavy atom. The van der Waals surface area contributed by atoms with Crippen LogP contribution < -0.4 is 9.47 Å². The van der Waals surface area contributed by atoms with Gasteiger partial charge in [-0.15, -0.1) is 0 Å². The summed E-state index contributed by atoms with van der Waals surface area (Å²) < 4.78 is 16.6. The Morgan fingerprint density at radius 3 is 2.57 bits per heavy atom. The summed E-state index contributed by atoms with van der Waals surface area (Å²) in [6, 6.07) is 19.6. The highest BCUT2D eigenvalue weighted by Gasteiger charge is 2.15. The third kappa shape index (κ3) is 6.15. The molecule has 148 valence electrons. The van der Waals surface area contributed by atoms with Gasteiger partial charge in [0, 0.05) is 13.1 Å². The molecule has 0 saturated heterocycles. The van der Waals surface area contributed by atoms with Gasteiger partial charge in [-0.25, -0.2) is 0 Å². The van der Waals surface area contributed by atoms with Crippen LogP contribution in [-0.4, -0.2) is 36.4 Å². The number of hydrogen-bond donors (Lipinski definition) is 1. The van der Waals surface area contributed by atoms with Gasteiger partial charge < -0.3 is 19.0 Å². The van der Waals surface area contributed by atoms with Gasteiger partial charge >= 0.3 is 0 Å². The van der Waals surface area contributed by atoms with Crippen LogP contribution in [0.15, 0.2) is 71.3 Å². The standard InChI is InChI=1S/C23H27NO4/c1-18-6-3-9-22(12-18)28-17-20(25)15-24(16-23-10-5-11-27-23)14-19-7-4-8-21(13-19)26-2/h3-13,20,25H,14-17H2,1-2H3. The number of methoxy groups -OCH3 is 1. The van der Waals surface area contributed by atoms with Gasteiger partial charge in [-0.1, -0.05) is 24.3 Å². The topological polar surface area (TPSA) is 55.1 Å². The molecule has 1 N–H and O–H groups in total. The normalized spacial score (nSPS) is 12.1. The first-order chi connectivity index (χ1) is 13.6. The summed E-state index contributed by atoms with van der Waals surface area (Å²) in [5.41, 5.74) is 2.24. The summed E-state index contributed by atoms with van der Waals surface area (Å²) in [6.45, 7) is 3.98. The van der Waals surface area contributed by atoms with Crippen LogP contribution in [-0.2, 0) is 13.1 Å². The second-order valence-electron chi connectivity index (χ2n) is 6.88. The molecular weight excluding hydrogens is 354 g/mol. The Labute approximate surface area is 166 Å². The summed E-state index contributed by atoms with van der Waals surface area (Å²) in [4.78, 5) is 2.14. The molecule has 5 nitrogen and oxygen atoms in total. The van der Waals surface area contributed by atoms with Crippen molar-refractivity contribution in [3.8, 4) is 11.5 Å². The third-order valence-electron chi connectivity index (χ3n) is 4.40. The largest absolute Gasteiger partial charge is 0.497 e. The molecule has 3 aromatic rings. The number of benzene rings is 2. The Hall–Kier alpha value is -2.76. The maximum atomic E-state index is 10.5. The van der Waals surface area contributed by atoms with Gasteiger partial charge in [0.05, 0.1) is 19.9 Å².